The van der Waals surface area contributed by atoms with Gasteiger partial charge in [-0.05, 0) is 69.1 Å². The fourth-order valence-electron chi connectivity index (χ4n) is 4.89. The number of carbonyl (C=O) groups is 1. The minimum atomic E-state index is 0. The van der Waals surface area contributed by atoms with Gasteiger partial charge in [-0.1, -0.05) is 0 Å². The van der Waals surface area contributed by atoms with E-state index in [1.807, 2.05) is 6.92 Å². The van der Waals surface area contributed by atoms with Crippen LogP contribution in [-0.4, -0.2) is 18.5 Å². The fourth-order valence-corrected chi connectivity index (χ4v) is 4.89. The van der Waals surface area contributed by atoms with Gasteiger partial charge in [0.1, 0.15) is 0 Å². The summed E-state index contributed by atoms with van der Waals surface area (Å²) in [5.41, 5.74) is 5.72. The maximum absolute atomic E-state index is 12.4. The van der Waals surface area contributed by atoms with Gasteiger partial charge in [-0.15, -0.1) is 12.4 Å². The number of hydrogen-bond acceptors (Lipinski definition) is 2. The predicted molar refractivity (Wildman–Crippen MR) is 79.1 cm³/mol. The molecule has 3 nitrogen and oxygen atoms in total. The third kappa shape index (κ3) is 3.08. The highest BCUT2D eigenvalue weighted by Crippen LogP contribution is 2.56. The molecule has 1 unspecified atom stereocenters. The molecule has 1 atom stereocenters. The Morgan fingerprint density at radius 3 is 2.16 bits per heavy atom. The Morgan fingerprint density at radius 2 is 1.68 bits per heavy atom. The lowest BCUT2D eigenvalue weighted by Gasteiger charge is -2.53. The zero-order valence-electron chi connectivity index (χ0n) is 11.8. The molecule has 19 heavy (non-hydrogen) atoms. The smallest absolute Gasteiger partial charge is 0.223 e. The summed E-state index contributed by atoms with van der Waals surface area (Å²) in [6, 6.07) is 0.184. The van der Waals surface area contributed by atoms with Crippen molar-refractivity contribution in [2.24, 2.45) is 35.3 Å². The average molecular weight is 287 g/mol. The average Bonchev–Trinajstić information content (AvgIpc) is 2.26. The highest BCUT2D eigenvalue weighted by molar-refractivity contribution is 5.85. The molecule has 0 saturated heterocycles. The van der Waals surface area contributed by atoms with Crippen LogP contribution in [0.25, 0.3) is 0 Å². The van der Waals surface area contributed by atoms with Crippen molar-refractivity contribution in [2.45, 2.75) is 51.5 Å². The Bertz CT molecular complexity index is 304. The molecule has 0 aliphatic heterocycles. The summed E-state index contributed by atoms with van der Waals surface area (Å²) in [6.45, 7) is 2.74. The lowest BCUT2D eigenvalue weighted by molar-refractivity contribution is -0.138. The van der Waals surface area contributed by atoms with E-state index in [1.165, 1.54) is 32.1 Å². The molecular formula is C15H27ClN2O. The molecule has 0 spiro atoms. The van der Waals surface area contributed by atoms with Crippen molar-refractivity contribution >= 4 is 18.3 Å². The molecule has 1 amide bonds. The van der Waals surface area contributed by atoms with Gasteiger partial charge in [0.05, 0.1) is 0 Å². The largest absolute Gasteiger partial charge is 0.356 e. The van der Waals surface area contributed by atoms with E-state index < -0.39 is 0 Å². The van der Waals surface area contributed by atoms with Gasteiger partial charge in [0.2, 0.25) is 5.91 Å². The molecule has 0 aromatic rings. The summed E-state index contributed by atoms with van der Waals surface area (Å²) in [6.07, 6.45) is 7.61. The van der Waals surface area contributed by atoms with Crippen molar-refractivity contribution in [3.63, 3.8) is 0 Å². The molecule has 4 fully saturated rings. The van der Waals surface area contributed by atoms with Crippen molar-refractivity contribution in [1.82, 2.24) is 5.32 Å². The molecule has 0 heterocycles. The second-order valence-electron chi connectivity index (χ2n) is 7.01. The fraction of sp³-hybridized carbons (Fsp3) is 0.933. The molecule has 3 N–H and O–H groups in total. The van der Waals surface area contributed by atoms with Crippen LogP contribution in [0.5, 0.6) is 0 Å². The lowest BCUT2D eigenvalue weighted by Crippen LogP contribution is -2.51. The minimum absolute atomic E-state index is 0. The maximum Gasteiger partial charge on any atom is 0.223 e. The molecule has 4 heteroatoms. The van der Waals surface area contributed by atoms with Gasteiger partial charge in [0, 0.05) is 18.5 Å². The Balaban J connectivity index is 0.00000133. The lowest BCUT2D eigenvalue weighted by atomic mass is 9.51. The first-order valence-corrected chi connectivity index (χ1v) is 7.66. The van der Waals surface area contributed by atoms with Crippen LogP contribution in [-0.2, 0) is 4.79 Å². The van der Waals surface area contributed by atoms with Crippen molar-refractivity contribution in [2.75, 3.05) is 6.54 Å². The second-order valence-corrected chi connectivity index (χ2v) is 7.01. The van der Waals surface area contributed by atoms with Crippen LogP contribution in [0.2, 0.25) is 0 Å². The summed E-state index contributed by atoms with van der Waals surface area (Å²) >= 11 is 0. The van der Waals surface area contributed by atoms with E-state index in [-0.39, 0.29) is 18.4 Å². The van der Waals surface area contributed by atoms with Gasteiger partial charge < -0.3 is 11.1 Å². The third-order valence-corrected chi connectivity index (χ3v) is 5.43. The molecule has 4 aliphatic carbocycles. The first-order chi connectivity index (χ1) is 8.63. The molecular weight excluding hydrogens is 260 g/mol. The van der Waals surface area contributed by atoms with Gasteiger partial charge in [0.15, 0.2) is 0 Å². The van der Waals surface area contributed by atoms with Crippen molar-refractivity contribution < 1.29 is 4.79 Å². The standard InChI is InChI=1S/C15H26N2O.ClH/c1-9(16)2-3-17-15(18)14-12-5-10-4-11(7-12)8-13(14)6-10;/h9-14H,2-8,16H2,1H3,(H,17,18);1H. The van der Waals surface area contributed by atoms with E-state index in [0.29, 0.717) is 23.7 Å². The van der Waals surface area contributed by atoms with Gasteiger partial charge in [0.25, 0.3) is 0 Å². The predicted octanol–water partition coefficient (Wildman–Crippen LogP) is 2.33. The number of nitrogens with one attached hydrogen (secondary N) is 1. The topological polar surface area (TPSA) is 55.1 Å². The highest BCUT2D eigenvalue weighted by atomic mass is 35.5. The summed E-state index contributed by atoms with van der Waals surface area (Å²) < 4.78 is 0. The Morgan fingerprint density at radius 1 is 1.16 bits per heavy atom. The maximum atomic E-state index is 12.4. The van der Waals surface area contributed by atoms with Gasteiger partial charge in [-0.3, -0.25) is 4.79 Å². The Hall–Kier alpha value is -0.280. The monoisotopic (exact) mass is 286 g/mol. The van der Waals surface area contributed by atoms with E-state index >= 15 is 0 Å². The summed E-state index contributed by atoms with van der Waals surface area (Å²) in [5.74, 6) is 3.92. The molecule has 4 aliphatic rings. The number of halogens is 1. The van der Waals surface area contributed by atoms with Crippen LogP contribution in [0.3, 0.4) is 0 Å². The van der Waals surface area contributed by atoms with Crippen LogP contribution in [0.4, 0.5) is 0 Å². The molecule has 110 valence electrons. The molecule has 4 saturated carbocycles. The van der Waals surface area contributed by atoms with Gasteiger partial charge >= 0.3 is 0 Å². The molecule has 0 aromatic heterocycles. The molecule has 4 bridgehead atoms. The van der Waals surface area contributed by atoms with Crippen molar-refractivity contribution in [1.29, 1.82) is 0 Å². The highest BCUT2D eigenvalue weighted by Gasteiger charge is 2.50. The third-order valence-electron chi connectivity index (χ3n) is 5.43. The van der Waals surface area contributed by atoms with Crippen LogP contribution in [0.15, 0.2) is 0 Å². The molecule has 0 aromatic carbocycles. The molecule has 0 radical (unpaired) electrons. The number of carbonyl (C=O) groups excluding carboxylic acids is 1. The zero-order chi connectivity index (χ0) is 12.7. The van der Waals surface area contributed by atoms with Crippen LogP contribution < -0.4 is 11.1 Å². The molecule has 4 rings (SSSR count). The first-order valence-electron chi connectivity index (χ1n) is 7.66. The van der Waals surface area contributed by atoms with E-state index in [1.54, 1.807) is 0 Å². The van der Waals surface area contributed by atoms with E-state index in [9.17, 15) is 4.79 Å². The Labute approximate surface area is 122 Å². The second kappa shape index (κ2) is 6.01. The van der Waals surface area contributed by atoms with E-state index in [2.05, 4.69) is 5.32 Å². The summed E-state index contributed by atoms with van der Waals surface area (Å²) in [4.78, 5) is 12.4. The quantitative estimate of drug-likeness (QED) is 0.833. The number of nitrogens with two attached hydrogens (primary N) is 1. The zero-order valence-corrected chi connectivity index (χ0v) is 12.6. The normalized spacial score (nSPS) is 40.6. The van der Waals surface area contributed by atoms with E-state index in [4.69, 9.17) is 5.73 Å². The number of rotatable bonds is 4. The minimum Gasteiger partial charge on any atom is -0.356 e. The van der Waals surface area contributed by atoms with Crippen molar-refractivity contribution in [3.05, 3.63) is 0 Å². The van der Waals surface area contributed by atoms with E-state index in [0.717, 1.165) is 24.8 Å². The van der Waals surface area contributed by atoms with Crippen molar-refractivity contribution in [3.8, 4) is 0 Å². The van der Waals surface area contributed by atoms with Crippen LogP contribution >= 0.6 is 12.4 Å². The summed E-state index contributed by atoms with van der Waals surface area (Å²) in [7, 11) is 0. The van der Waals surface area contributed by atoms with Crippen LogP contribution in [0, 0.1) is 29.6 Å². The first kappa shape index (κ1) is 15.1. The van der Waals surface area contributed by atoms with Gasteiger partial charge in [-0.2, -0.15) is 0 Å². The SMILES string of the molecule is CC(N)CCNC(=O)C1C2CC3CC(C2)CC1C3.Cl. The number of hydrogen-bond donors (Lipinski definition) is 2. The summed E-state index contributed by atoms with van der Waals surface area (Å²) in [5, 5.41) is 3.12. The number of amides is 1. The van der Waals surface area contributed by atoms with Gasteiger partial charge in [-0.25, -0.2) is 0 Å². The Kier molecular flexibility index (Phi) is 4.78. The van der Waals surface area contributed by atoms with Crippen LogP contribution in [0.1, 0.15) is 45.4 Å².